The minimum absolute atomic E-state index is 0.612. The summed E-state index contributed by atoms with van der Waals surface area (Å²) in [5, 5.41) is 3.35. The summed E-state index contributed by atoms with van der Waals surface area (Å²) in [6.07, 6.45) is 0. The number of rotatable bonds is 3. The molecule has 1 fully saturated rings. The quantitative estimate of drug-likeness (QED) is 0.715. The van der Waals surface area contributed by atoms with Gasteiger partial charge in [0.05, 0.1) is 0 Å². The second-order valence-electron chi connectivity index (χ2n) is 2.87. The van der Waals surface area contributed by atoms with E-state index in [4.69, 9.17) is 0 Å². The van der Waals surface area contributed by atoms with Crippen molar-refractivity contribution < 1.29 is 0 Å². The molecule has 0 aromatic carbocycles. The van der Waals surface area contributed by atoms with Gasteiger partial charge in [-0.2, -0.15) is 0 Å². The smallest absolute Gasteiger partial charge is 0.0401 e. The Morgan fingerprint density at radius 3 is 3.17 bits per heavy atom. The van der Waals surface area contributed by atoms with Gasteiger partial charge in [-0.3, -0.25) is 14.8 Å². The Bertz CT molecular complexity index is 173. The highest BCUT2D eigenvalue weighted by Gasteiger charge is 2.25. The lowest BCUT2D eigenvalue weighted by molar-refractivity contribution is 0.530. The molecule has 0 aromatic rings. The first-order valence-corrected chi connectivity index (χ1v) is 7.24. The predicted octanol–water partition coefficient (Wildman–Crippen LogP) is 0.752. The van der Waals surface area contributed by atoms with Gasteiger partial charge in [0, 0.05) is 38.3 Å². The summed E-state index contributed by atoms with van der Waals surface area (Å²) in [6.45, 7) is 3.17. The average molecular weight is 223 g/mol. The maximum absolute atomic E-state index is 4.29. The van der Waals surface area contributed by atoms with Gasteiger partial charge in [0.1, 0.15) is 0 Å². The lowest BCUT2D eigenvalue weighted by atomic mass is 10.1. The SMILES string of the molecule is C/N=C1\CN(P)CC1CNPP. The molecule has 3 nitrogen and oxygen atoms in total. The van der Waals surface area contributed by atoms with Crippen molar-refractivity contribution in [3.63, 3.8) is 0 Å². The monoisotopic (exact) mass is 223 g/mol. The Kier molecular flexibility index (Phi) is 5.09. The molecule has 1 saturated heterocycles. The van der Waals surface area contributed by atoms with Crippen LogP contribution in [0.3, 0.4) is 0 Å². The first-order valence-electron chi connectivity index (χ1n) is 3.91. The molecule has 0 aromatic heterocycles. The molecule has 1 rings (SSSR count). The highest BCUT2D eigenvalue weighted by Crippen LogP contribution is 2.20. The molecule has 0 saturated carbocycles. The maximum atomic E-state index is 4.29. The summed E-state index contributed by atoms with van der Waals surface area (Å²) < 4.78 is 2.24. The van der Waals surface area contributed by atoms with Gasteiger partial charge in [0.2, 0.25) is 0 Å². The fourth-order valence-electron chi connectivity index (χ4n) is 1.41. The zero-order valence-electron chi connectivity index (χ0n) is 7.25. The molecule has 1 aliphatic rings. The van der Waals surface area contributed by atoms with Gasteiger partial charge >= 0.3 is 0 Å². The third-order valence-electron chi connectivity index (χ3n) is 2.03. The van der Waals surface area contributed by atoms with Gasteiger partial charge in [0.25, 0.3) is 0 Å². The molecule has 12 heavy (non-hydrogen) atoms. The Hall–Kier alpha value is 0.880. The summed E-state index contributed by atoms with van der Waals surface area (Å²) >= 11 is 0. The van der Waals surface area contributed by atoms with Crippen molar-refractivity contribution in [1.82, 2.24) is 9.76 Å². The van der Waals surface area contributed by atoms with E-state index in [1.807, 2.05) is 7.05 Å². The third kappa shape index (κ3) is 2.98. The van der Waals surface area contributed by atoms with Gasteiger partial charge < -0.3 is 0 Å². The summed E-state index contributed by atoms with van der Waals surface area (Å²) in [6, 6.07) is 0. The molecule has 1 heterocycles. The molecule has 70 valence electrons. The van der Waals surface area contributed by atoms with Crippen LogP contribution in [0, 0.1) is 5.92 Å². The lowest BCUT2D eigenvalue weighted by Crippen LogP contribution is -2.22. The van der Waals surface area contributed by atoms with E-state index in [1.54, 1.807) is 0 Å². The number of hydrogen-bond donors (Lipinski definition) is 1. The zero-order chi connectivity index (χ0) is 8.97. The maximum Gasteiger partial charge on any atom is 0.0401 e. The molecule has 6 heteroatoms. The minimum atomic E-state index is 0.612. The van der Waals surface area contributed by atoms with E-state index in [2.05, 4.69) is 33.1 Å². The van der Waals surface area contributed by atoms with Crippen molar-refractivity contribution >= 4 is 32.5 Å². The van der Waals surface area contributed by atoms with Gasteiger partial charge in [-0.25, -0.2) is 0 Å². The van der Waals surface area contributed by atoms with Crippen LogP contribution < -0.4 is 5.09 Å². The summed E-state index contributed by atoms with van der Waals surface area (Å²) in [7, 11) is 8.07. The fraction of sp³-hybridized carbons (Fsp3) is 0.833. The highest BCUT2D eigenvalue weighted by atomic mass is 32.0. The van der Waals surface area contributed by atoms with E-state index in [0.717, 1.165) is 28.1 Å². The number of aliphatic imine (C=N–C) groups is 1. The van der Waals surface area contributed by atoms with Crippen LogP contribution >= 0.6 is 26.7 Å². The van der Waals surface area contributed by atoms with Crippen molar-refractivity contribution in [2.45, 2.75) is 0 Å². The molecule has 4 atom stereocenters. The van der Waals surface area contributed by atoms with Gasteiger partial charge in [-0.15, -0.1) is 0 Å². The van der Waals surface area contributed by atoms with Crippen molar-refractivity contribution in [3.05, 3.63) is 0 Å². The molecule has 1 aliphatic heterocycles. The Morgan fingerprint density at radius 2 is 2.58 bits per heavy atom. The molecule has 0 radical (unpaired) electrons. The second kappa shape index (κ2) is 5.58. The summed E-state index contributed by atoms with van der Waals surface area (Å²) in [5.41, 5.74) is 1.32. The van der Waals surface area contributed by atoms with Gasteiger partial charge in [-0.1, -0.05) is 18.3 Å². The van der Waals surface area contributed by atoms with Crippen LogP contribution in [-0.2, 0) is 0 Å². The molecule has 1 N–H and O–H groups in total. The third-order valence-corrected chi connectivity index (χ3v) is 3.44. The summed E-state index contributed by atoms with van der Waals surface area (Å²) in [4.78, 5) is 4.29. The van der Waals surface area contributed by atoms with E-state index in [9.17, 15) is 0 Å². The Labute approximate surface area is 80.3 Å². The first kappa shape index (κ1) is 11.0. The van der Waals surface area contributed by atoms with E-state index >= 15 is 0 Å². The van der Waals surface area contributed by atoms with Crippen LogP contribution in [0.15, 0.2) is 4.99 Å². The van der Waals surface area contributed by atoms with Crippen LogP contribution in [-0.4, -0.2) is 37.1 Å². The van der Waals surface area contributed by atoms with Crippen LogP contribution in [0.5, 0.6) is 0 Å². The number of nitrogens with one attached hydrogen (secondary N) is 1. The minimum Gasteiger partial charge on any atom is -0.296 e. The van der Waals surface area contributed by atoms with Crippen LogP contribution in [0.1, 0.15) is 0 Å². The van der Waals surface area contributed by atoms with Gasteiger partial charge in [-0.05, 0) is 8.42 Å². The molecule has 0 aliphatic carbocycles. The Morgan fingerprint density at radius 1 is 1.83 bits per heavy atom. The van der Waals surface area contributed by atoms with Crippen molar-refractivity contribution in [3.8, 4) is 0 Å². The van der Waals surface area contributed by atoms with Crippen molar-refractivity contribution in [2.24, 2.45) is 10.9 Å². The van der Waals surface area contributed by atoms with E-state index in [-0.39, 0.29) is 0 Å². The molecular weight excluding hydrogens is 207 g/mol. The predicted molar refractivity (Wildman–Crippen MR) is 64.2 cm³/mol. The largest absolute Gasteiger partial charge is 0.296 e. The highest BCUT2D eigenvalue weighted by molar-refractivity contribution is 8.01. The molecular formula is C6H16N3P3. The van der Waals surface area contributed by atoms with Crippen molar-refractivity contribution in [2.75, 3.05) is 26.7 Å². The van der Waals surface area contributed by atoms with Crippen LogP contribution in [0.25, 0.3) is 0 Å². The molecule has 4 unspecified atom stereocenters. The number of nitrogens with zero attached hydrogens (tertiary/aromatic N) is 2. The van der Waals surface area contributed by atoms with Crippen LogP contribution in [0.4, 0.5) is 0 Å². The summed E-state index contributed by atoms with van der Waals surface area (Å²) in [5.74, 6) is 0.612. The van der Waals surface area contributed by atoms with E-state index < -0.39 is 0 Å². The van der Waals surface area contributed by atoms with Crippen molar-refractivity contribution in [1.29, 1.82) is 0 Å². The normalized spacial score (nSPS) is 29.6. The zero-order valence-corrected chi connectivity index (χ0v) is 10.6. The lowest BCUT2D eigenvalue weighted by Gasteiger charge is -2.09. The standard InChI is InChI=1S/C6H16N3P3/c1-7-6-4-9(10)3-5(6)2-8-12-11/h5,8,12H,2-4,10-11H2,1H3/b7-6+. The average Bonchev–Trinajstić information content (AvgIpc) is 2.42. The molecule has 0 spiro atoms. The number of hydrogen-bond acceptors (Lipinski definition) is 3. The van der Waals surface area contributed by atoms with Gasteiger partial charge in [0.15, 0.2) is 0 Å². The first-order chi connectivity index (χ1) is 5.77. The Balaban J connectivity index is 2.41. The molecule has 0 bridgehead atoms. The fourth-order valence-corrected chi connectivity index (χ4v) is 2.57. The van der Waals surface area contributed by atoms with E-state index in [0.29, 0.717) is 5.92 Å². The van der Waals surface area contributed by atoms with E-state index in [1.165, 1.54) is 5.71 Å². The molecule has 0 amide bonds. The second-order valence-corrected chi connectivity index (χ2v) is 5.11. The topological polar surface area (TPSA) is 27.6 Å². The van der Waals surface area contributed by atoms with Crippen LogP contribution in [0.2, 0.25) is 0 Å².